The summed E-state index contributed by atoms with van der Waals surface area (Å²) in [7, 11) is 0. The van der Waals surface area contributed by atoms with Gasteiger partial charge in [-0.3, -0.25) is 4.79 Å². The predicted octanol–water partition coefficient (Wildman–Crippen LogP) is 8.38. The third kappa shape index (κ3) is 32.6. The van der Waals surface area contributed by atoms with E-state index in [9.17, 15) is 61.0 Å². The molecule has 0 spiro atoms. The van der Waals surface area contributed by atoms with Gasteiger partial charge in [-0.2, -0.15) is 0 Å². The summed E-state index contributed by atoms with van der Waals surface area (Å²) in [5.74, 6) is -0.299. The first-order valence-corrected chi connectivity index (χ1v) is 34.0. The number of hydrogen-bond donors (Lipinski definition) is 12. The molecule has 3 aliphatic rings. The molecule has 0 aromatic carbocycles. The summed E-state index contributed by atoms with van der Waals surface area (Å²) in [5.41, 5.74) is 0. The molecular weight excluding hydrogens is 1120 g/mol. The summed E-state index contributed by atoms with van der Waals surface area (Å²) in [6.07, 6.45) is 33.1. The SMILES string of the molecule is CC/C=C\C/C=C\C/C=C\C/C=C\C/C=C\CCCC(=O)NC(COC1OC(CO)C(OC2OC(CO)C(OC3OC(CO)C(O)C(O)C3O)C(O)C2O)C(O)C1O)C(O)CCCCCCCCCCCCCCCCCCCCCCCCCCC. The maximum absolute atomic E-state index is 13.4. The third-order valence-corrected chi connectivity index (χ3v) is 16.9. The van der Waals surface area contributed by atoms with Gasteiger partial charge in [0.1, 0.15) is 73.2 Å². The number of aliphatic hydroxyl groups excluding tert-OH is 11. The summed E-state index contributed by atoms with van der Waals surface area (Å²) in [6, 6.07) is -0.920. The minimum absolute atomic E-state index is 0.186. The molecule has 0 aromatic heterocycles. The van der Waals surface area contributed by atoms with Crippen LogP contribution in [0.5, 0.6) is 0 Å². The molecule has 3 fully saturated rings. The smallest absolute Gasteiger partial charge is 0.220 e. The van der Waals surface area contributed by atoms with Gasteiger partial charge in [-0.25, -0.2) is 0 Å². The van der Waals surface area contributed by atoms with E-state index in [-0.39, 0.29) is 18.9 Å². The number of amides is 1. The third-order valence-electron chi connectivity index (χ3n) is 16.9. The van der Waals surface area contributed by atoms with Crippen LogP contribution in [0.15, 0.2) is 60.8 Å². The van der Waals surface area contributed by atoms with Gasteiger partial charge in [0.05, 0.1) is 38.6 Å². The van der Waals surface area contributed by atoms with Crippen molar-refractivity contribution in [3.05, 3.63) is 60.8 Å². The molecule has 3 aliphatic heterocycles. The summed E-state index contributed by atoms with van der Waals surface area (Å²) >= 11 is 0. The lowest BCUT2D eigenvalue weighted by atomic mass is 9.96. The molecule has 12 N–H and O–H groups in total. The fraction of sp³-hybridized carbons (Fsp3) is 0.838. The first-order valence-electron chi connectivity index (χ1n) is 34.0. The van der Waals surface area contributed by atoms with Crippen LogP contribution in [-0.4, -0.2) is 193 Å². The lowest BCUT2D eigenvalue weighted by Gasteiger charge is -2.48. The largest absolute Gasteiger partial charge is 0.394 e. The van der Waals surface area contributed by atoms with Gasteiger partial charge >= 0.3 is 0 Å². The second kappa shape index (κ2) is 50.1. The van der Waals surface area contributed by atoms with Crippen LogP contribution in [0.25, 0.3) is 0 Å². The van der Waals surface area contributed by atoms with E-state index in [0.29, 0.717) is 25.7 Å². The van der Waals surface area contributed by atoms with Crippen molar-refractivity contribution in [2.24, 2.45) is 0 Å². The number of unbranched alkanes of at least 4 members (excludes halogenated alkanes) is 25. The monoisotopic (exact) mass is 1240 g/mol. The molecule has 17 atom stereocenters. The first kappa shape index (κ1) is 78.7. The Balaban J connectivity index is 1.45. The topological polar surface area (TPSA) is 307 Å². The predicted molar refractivity (Wildman–Crippen MR) is 337 cm³/mol. The number of allylic oxidation sites excluding steroid dienone is 10. The lowest BCUT2D eigenvalue weighted by molar-refractivity contribution is -0.379. The summed E-state index contributed by atoms with van der Waals surface area (Å²) in [5, 5.41) is 121. The minimum Gasteiger partial charge on any atom is -0.394 e. The fourth-order valence-electron chi connectivity index (χ4n) is 11.4. The second-order valence-corrected chi connectivity index (χ2v) is 24.3. The van der Waals surface area contributed by atoms with E-state index in [1.54, 1.807) is 0 Å². The van der Waals surface area contributed by atoms with Crippen molar-refractivity contribution in [2.45, 2.75) is 336 Å². The van der Waals surface area contributed by atoms with Crippen LogP contribution in [0, 0.1) is 0 Å². The van der Waals surface area contributed by atoms with Gasteiger partial charge in [0.2, 0.25) is 5.91 Å². The Morgan fingerprint density at radius 2 is 0.782 bits per heavy atom. The zero-order valence-electron chi connectivity index (χ0n) is 53.2. The highest BCUT2D eigenvalue weighted by Gasteiger charge is 2.53. The van der Waals surface area contributed by atoms with Gasteiger partial charge < -0.3 is 89.9 Å². The van der Waals surface area contributed by atoms with Crippen LogP contribution in [0.4, 0.5) is 0 Å². The zero-order valence-corrected chi connectivity index (χ0v) is 53.2. The molecule has 19 nitrogen and oxygen atoms in total. The average molecular weight is 1240 g/mol. The van der Waals surface area contributed by atoms with E-state index in [4.69, 9.17) is 28.4 Å². The summed E-state index contributed by atoms with van der Waals surface area (Å²) in [4.78, 5) is 13.4. The normalized spacial score (nSPS) is 29.0. The van der Waals surface area contributed by atoms with Gasteiger partial charge in [-0.05, 0) is 51.4 Å². The molecule has 506 valence electrons. The Kier molecular flexibility index (Phi) is 45.3. The summed E-state index contributed by atoms with van der Waals surface area (Å²) < 4.78 is 34.4. The van der Waals surface area contributed by atoms with E-state index in [0.717, 1.165) is 51.4 Å². The maximum Gasteiger partial charge on any atom is 0.220 e. The molecular formula is C68H121NO18. The fourth-order valence-corrected chi connectivity index (χ4v) is 11.4. The van der Waals surface area contributed by atoms with Crippen molar-refractivity contribution < 1.29 is 89.4 Å². The molecule has 0 bridgehead atoms. The first-order chi connectivity index (χ1) is 42.3. The Hall–Kier alpha value is -2.51. The molecule has 0 saturated carbocycles. The van der Waals surface area contributed by atoms with Gasteiger partial charge in [-0.1, -0.05) is 235 Å². The van der Waals surface area contributed by atoms with Crippen LogP contribution in [0.1, 0.15) is 232 Å². The van der Waals surface area contributed by atoms with E-state index < -0.39 is 124 Å². The number of nitrogens with one attached hydrogen (secondary N) is 1. The van der Waals surface area contributed by atoms with Gasteiger partial charge in [0.15, 0.2) is 18.9 Å². The molecule has 0 aromatic rings. The number of hydrogen-bond acceptors (Lipinski definition) is 18. The highest BCUT2D eigenvalue weighted by Crippen LogP contribution is 2.33. The molecule has 87 heavy (non-hydrogen) atoms. The Morgan fingerprint density at radius 3 is 1.20 bits per heavy atom. The van der Waals surface area contributed by atoms with E-state index in [1.807, 2.05) is 6.08 Å². The Bertz CT molecular complexity index is 1820. The van der Waals surface area contributed by atoms with Crippen LogP contribution in [-0.2, 0) is 33.2 Å². The molecule has 17 unspecified atom stereocenters. The molecule has 0 aliphatic carbocycles. The van der Waals surface area contributed by atoms with Crippen LogP contribution < -0.4 is 5.32 Å². The molecule has 19 heteroatoms. The van der Waals surface area contributed by atoms with Crippen molar-refractivity contribution in [1.29, 1.82) is 0 Å². The molecule has 0 radical (unpaired) electrons. The highest BCUT2D eigenvalue weighted by atomic mass is 16.8. The number of carbonyl (C=O) groups is 1. The molecule has 1 amide bonds. The minimum atomic E-state index is -1.98. The molecule has 3 rings (SSSR count). The summed E-state index contributed by atoms with van der Waals surface area (Å²) in [6.45, 7) is 1.65. The zero-order chi connectivity index (χ0) is 63.3. The average Bonchev–Trinajstić information content (AvgIpc) is 2.97. The van der Waals surface area contributed by atoms with Crippen molar-refractivity contribution in [1.82, 2.24) is 5.32 Å². The maximum atomic E-state index is 13.4. The van der Waals surface area contributed by atoms with E-state index >= 15 is 0 Å². The van der Waals surface area contributed by atoms with Crippen LogP contribution in [0.2, 0.25) is 0 Å². The van der Waals surface area contributed by atoms with Crippen molar-refractivity contribution >= 4 is 5.91 Å². The van der Waals surface area contributed by atoms with Crippen molar-refractivity contribution in [2.75, 3.05) is 26.4 Å². The number of aliphatic hydroxyl groups is 11. The quantitative estimate of drug-likeness (QED) is 0.0201. The van der Waals surface area contributed by atoms with Crippen molar-refractivity contribution in [3.8, 4) is 0 Å². The Morgan fingerprint density at radius 1 is 0.425 bits per heavy atom. The molecule has 3 heterocycles. The van der Waals surface area contributed by atoms with Crippen LogP contribution in [0.3, 0.4) is 0 Å². The van der Waals surface area contributed by atoms with Gasteiger partial charge in [0.25, 0.3) is 0 Å². The van der Waals surface area contributed by atoms with E-state index in [2.05, 4.69) is 73.8 Å². The highest BCUT2D eigenvalue weighted by molar-refractivity contribution is 5.76. The number of carbonyl (C=O) groups excluding carboxylic acids is 1. The van der Waals surface area contributed by atoms with Gasteiger partial charge in [-0.15, -0.1) is 0 Å². The Labute approximate surface area is 522 Å². The van der Waals surface area contributed by atoms with Crippen molar-refractivity contribution in [3.63, 3.8) is 0 Å². The second-order valence-electron chi connectivity index (χ2n) is 24.3. The standard InChI is InChI=1S/C68H121NO18/c1-3-5-7-9-11-13-15-17-19-21-22-23-24-25-26-27-28-30-31-33-35-37-39-41-43-45-52(73)51(69-56(74)46-44-42-40-38-36-34-32-29-20-18-16-14-12-10-8-6-4-2)50-82-66-62(80)59(77)64(54(48-71)84-66)87-68-63(81)60(78)65(55(49-72)85-68)86-67-61(79)58(76)57(75)53(47-70)83-67/h6,8,12,14,18,20,32,34,38,40,51-55,57-68,70-73,75-81H,3-5,7,9-11,13,15-17,19,21-31,33,35-37,39,41-50H2,1-2H3,(H,69,74)/b8-6-,14-12-,20-18-,34-32-,40-38-. The number of ether oxygens (including phenoxy) is 6. The van der Waals surface area contributed by atoms with Crippen LogP contribution >= 0.6 is 0 Å². The van der Waals surface area contributed by atoms with E-state index in [1.165, 1.54) is 135 Å². The lowest BCUT2D eigenvalue weighted by Crippen LogP contribution is -2.66. The number of rotatable bonds is 51. The molecule has 3 saturated heterocycles. The van der Waals surface area contributed by atoms with Gasteiger partial charge in [0, 0.05) is 6.42 Å².